The third kappa shape index (κ3) is 3.22. The second-order valence-electron chi connectivity index (χ2n) is 3.67. The Morgan fingerprint density at radius 3 is 2.94 bits per heavy atom. The summed E-state index contributed by atoms with van der Waals surface area (Å²) < 4.78 is 1.71. The zero-order valence-corrected chi connectivity index (χ0v) is 10.1. The van der Waals surface area contributed by atoms with Crippen LogP contribution in [0.2, 0.25) is 5.02 Å². The van der Waals surface area contributed by atoms with Crippen molar-refractivity contribution >= 4 is 17.3 Å². The highest BCUT2D eigenvalue weighted by molar-refractivity contribution is 6.33. The maximum atomic E-state index is 8.78. The monoisotopic (exact) mass is 251 g/mol. The predicted octanol–water partition coefficient (Wildman–Crippen LogP) is 2.14. The molecule has 0 unspecified atom stereocenters. The van der Waals surface area contributed by atoms with Crippen LogP contribution in [0.1, 0.15) is 5.56 Å². The van der Waals surface area contributed by atoms with E-state index < -0.39 is 0 Å². The van der Waals surface area contributed by atoms with E-state index in [9.17, 15) is 0 Å². The molecule has 1 aromatic heterocycles. The number of hydrogen-bond donors (Lipinski definition) is 2. The van der Waals surface area contributed by atoms with Crippen LogP contribution in [-0.2, 0) is 13.1 Å². The zero-order valence-electron chi connectivity index (χ0n) is 9.31. The van der Waals surface area contributed by atoms with Gasteiger partial charge in [0, 0.05) is 18.3 Å². The van der Waals surface area contributed by atoms with Crippen molar-refractivity contribution in [1.82, 2.24) is 9.78 Å². The minimum atomic E-state index is 0.0963. The number of rotatable bonds is 5. The fourth-order valence-electron chi connectivity index (χ4n) is 1.52. The Morgan fingerprint density at radius 1 is 1.35 bits per heavy atom. The molecule has 0 spiro atoms. The predicted molar refractivity (Wildman–Crippen MR) is 68.1 cm³/mol. The summed E-state index contributed by atoms with van der Waals surface area (Å²) in [5.74, 6) is 0. The molecule has 2 N–H and O–H groups in total. The second-order valence-corrected chi connectivity index (χ2v) is 4.08. The average Bonchev–Trinajstić information content (AvgIpc) is 2.76. The van der Waals surface area contributed by atoms with Crippen molar-refractivity contribution in [3.8, 4) is 0 Å². The number of nitrogens with one attached hydrogen (secondary N) is 1. The lowest BCUT2D eigenvalue weighted by molar-refractivity contribution is 0.269. The van der Waals surface area contributed by atoms with Gasteiger partial charge in [-0.2, -0.15) is 5.10 Å². The molecule has 0 amide bonds. The van der Waals surface area contributed by atoms with Gasteiger partial charge in [-0.15, -0.1) is 0 Å². The van der Waals surface area contributed by atoms with Crippen molar-refractivity contribution in [1.29, 1.82) is 0 Å². The van der Waals surface area contributed by atoms with Crippen LogP contribution in [0.3, 0.4) is 0 Å². The molecule has 0 radical (unpaired) electrons. The molecule has 1 heterocycles. The smallest absolute Gasteiger partial charge is 0.0640 e. The number of benzene rings is 1. The topological polar surface area (TPSA) is 50.1 Å². The number of aliphatic hydroxyl groups is 1. The molecule has 2 rings (SSSR count). The van der Waals surface area contributed by atoms with Gasteiger partial charge in [0.05, 0.1) is 30.1 Å². The lowest BCUT2D eigenvalue weighted by Crippen LogP contribution is -2.02. The van der Waals surface area contributed by atoms with Gasteiger partial charge in [0.25, 0.3) is 0 Å². The Labute approximate surface area is 105 Å². The van der Waals surface area contributed by atoms with Crippen molar-refractivity contribution in [2.45, 2.75) is 13.1 Å². The minimum Gasteiger partial charge on any atom is -0.394 e. The molecule has 5 heteroatoms. The van der Waals surface area contributed by atoms with Gasteiger partial charge in [-0.25, -0.2) is 0 Å². The van der Waals surface area contributed by atoms with E-state index in [2.05, 4.69) is 10.4 Å². The van der Waals surface area contributed by atoms with E-state index in [4.69, 9.17) is 16.7 Å². The quantitative estimate of drug-likeness (QED) is 0.856. The van der Waals surface area contributed by atoms with E-state index in [0.29, 0.717) is 18.1 Å². The number of hydrogen-bond acceptors (Lipinski definition) is 3. The number of aromatic nitrogens is 2. The molecule has 0 saturated carbocycles. The molecule has 0 aliphatic heterocycles. The molecule has 1 aromatic carbocycles. The van der Waals surface area contributed by atoms with Crippen LogP contribution < -0.4 is 5.32 Å². The average molecular weight is 252 g/mol. The summed E-state index contributed by atoms with van der Waals surface area (Å²) in [6.45, 7) is 1.28. The van der Waals surface area contributed by atoms with E-state index >= 15 is 0 Å². The molecular weight excluding hydrogens is 238 g/mol. The first-order valence-electron chi connectivity index (χ1n) is 5.40. The minimum absolute atomic E-state index is 0.0963. The molecule has 90 valence electrons. The number of para-hydroxylation sites is 1. The first kappa shape index (κ1) is 12.0. The van der Waals surface area contributed by atoms with Crippen LogP contribution in [0.25, 0.3) is 0 Å². The number of anilines is 1. The highest BCUT2D eigenvalue weighted by atomic mass is 35.5. The lowest BCUT2D eigenvalue weighted by atomic mass is 10.3. The van der Waals surface area contributed by atoms with Gasteiger partial charge in [-0.1, -0.05) is 23.7 Å². The van der Waals surface area contributed by atoms with Crippen LogP contribution >= 0.6 is 11.6 Å². The van der Waals surface area contributed by atoms with Crippen LogP contribution in [0.5, 0.6) is 0 Å². The van der Waals surface area contributed by atoms with Crippen molar-refractivity contribution in [2.75, 3.05) is 11.9 Å². The molecule has 0 aliphatic rings. The van der Waals surface area contributed by atoms with Gasteiger partial charge in [-0.05, 0) is 12.1 Å². The Kier molecular flexibility index (Phi) is 4.01. The highest BCUT2D eigenvalue weighted by Crippen LogP contribution is 2.20. The Balaban J connectivity index is 1.95. The van der Waals surface area contributed by atoms with Gasteiger partial charge in [-0.3, -0.25) is 4.68 Å². The van der Waals surface area contributed by atoms with E-state index in [1.165, 1.54) is 0 Å². The summed E-state index contributed by atoms with van der Waals surface area (Å²) >= 11 is 6.03. The fraction of sp³-hybridized carbons (Fsp3) is 0.250. The highest BCUT2D eigenvalue weighted by Gasteiger charge is 2.00. The summed E-state index contributed by atoms with van der Waals surface area (Å²) in [5.41, 5.74) is 1.96. The summed E-state index contributed by atoms with van der Waals surface area (Å²) in [6.07, 6.45) is 3.68. The third-order valence-corrected chi connectivity index (χ3v) is 2.70. The third-order valence-electron chi connectivity index (χ3n) is 2.37. The van der Waals surface area contributed by atoms with Gasteiger partial charge in [0.1, 0.15) is 0 Å². The number of halogens is 1. The summed E-state index contributed by atoms with van der Waals surface area (Å²) in [4.78, 5) is 0. The molecule has 4 nitrogen and oxygen atoms in total. The Hall–Kier alpha value is -1.52. The molecule has 2 aromatic rings. The molecule has 0 aliphatic carbocycles. The lowest BCUT2D eigenvalue weighted by Gasteiger charge is -2.06. The molecule has 0 saturated heterocycles. The SMILES string of the molecule is OCCn1cc(CNc2ccccc2Cl)cn1. The maximum absolute atomic E-state index is 8.78. The van der Waals surface area contributed by atoms with Gasteiger partial charge in [0.2, 0.25) is 0 Å². The molecule has 0 bridgehead atoms. The van der Waals surface area contributed by atoms with Gasteiger partial charge < -0.3 is 10.4 Å². The van der Waals surface area contributed by atoms with E-state index in [0.717, 1.165) is 11.3 Å². The van der Waals surface area contributed by atoms with Crippen LogP contribution in [0, 0.1) is 0 Å². The largest absolute Gasteiger partial charge is 0.394 e. The second kappa shape index (κ2) is 5.70. The van der Waals surface area contributed by atoms with Crippen molar-refractivity contribution in [3.05, 3.63) is 47.2 Å². The standard InChI is InChI=1S/C12H14ClN3O/c13-11-3-1-2-4-12(11)14-7-10-8-15-16(9-10)5-6-17/h1-4,8-9,14,17H,5-7H2. The normalized spacial score (nSPS) is 10.5. The van der Waals surface area contributed by atoms with Crippen molar-refractivity contribution < 1.29 is 5.11 Å². The van der Waals surface area contributed by atoms with E-state index in [1.54, 1.807) is 10.9 Å². The molecule has 17 heavy (non-hydrogen) atoms. The summed E-state index contributed by atoms with van der Waals surface area (Å²) in [5, 5.41) is 16.8. The van der Waals surface area contributed by atoms with Crippen LogP contribution in [-0.4, -0.2) is 21.5 Å². The first-order valence-corrected chi connectivity index (χ1v) is 5.78. The van der Waals surface area contributed by atoms with E-state index in [1.807, 2.05) is 30.5 Å². The maximum Gasteiger partial charge on any atom is 0.0640 e. The van der Waals surface area contributed by atoms with Crippen LogP contribution in [0.15, 0.2) is 36.7 Å². The van der Waals surface area contributed by atoms with Crippen LogP contribution in [0.4, 0.5) is 5.69 Å². The molecular formula is C12H14ClN3O. The molecule has 0 atom stereocenters. The van der Waals surface area contributed by atoms with Crippen molar-refractivity contribution in [3.63, 3.8) is 0 Å². The van der Waals surface area contributed by atoms with Gasteiger partial charge in [0.15, 0.2) is 0 Å². The fourth-order valence-corrected chi connectivity index (χ4v) is 1.73. The first-order chi connectivity index (χ1) is 8.29. The Morgan fingerprint density at radius 2 is 2.18 bits per heavy atom. The summed E-state index contributed by atoms with van der Waals surface area (Å²) in [7, 11) is 0. The van der Waals surface area contributed by atoms with Crippen molar-refractivity contribution in [2.24, 2.45) is 0 Å². The van der Waals surface area contributed by atoms with E-state index in [-0.39, 0.29) is 6.61 Å². The number of aliphatic hydroxyl groups excluding tert-OH is 1. The Bertz CT molecular complexity index is 484. The molecule has 0 fully saturated rings. The number of nitrogens with zero attached hydrogens (tertiary/aromatic N) is 2. The van der Waals surface area contributed by atoms with Gasteiger partial charge >= 0.3 is 0 Å². The summed E-state index contributed by atoms with van der Waals surface area (Å²) in [6, 6.07) is 7.61. The zero-order chi connectivity index (χ0) is 12.1.